The Morgan fingerprint density at radius 1 is 0.759 bits per heavy atom. The summed E-state index contributed by atoms with van der Waals surface area (Å²) >= 11 is 1.91. The van der Waals surface area contributed by atoms with E-state index >= 15 is 0 Å². The number of hydrogen-bond donors (Lipinski definition) is 0. The lowest BCUT2D eigenvalue weighted by Crippen LogP contribution is -2.67. The first-order chi connectivity index (χ1) is 14.0. The fraction of sp³-hybridized carbons (Fsp3) is 0.385. The Morgan fingerprint density at radius 2 is 1.31 bits per heavy atom. The molecule has 0 amide bonds. The van der Waals surface area contributed by atoms with Gasteiger partial charge in [-0.1, -0.05) is 87.5 Å². The third-order valence-electron chi connectivity index (χ3n) is 6.38. The molecule has 1 aliphatic rings. The minimum Gasteiger partial charge on any atom is -0.556 e. The highest BCUT2D eigenvalue weighted by molar-refractivity contribution is 7.10. The number of hydrogen-bond acceptors (Lipinski definition) is 2. The summed E-state index contributed by atoms with van der Waals surface area (Å²) in [6.07, 6.45) is 5.14. The van der Waals surface area contributed by atoms with Crippen molar-refractivity contribution in [2.24, 2.45) is 0 Å². The van der Waals surface area contributed by atoms with Gasteiger partial charge in [-0.05, 0) is 43.0 Å². The molecule has 3 aromatic rings. The van der Waals surface area contributed by atoms with Crippen LogP contribution in [0.5, 0.6) is 0 Å². The molecule has 29 heavy (non-hydrogen) atoms. The lowest BCUT2D eigenvalue weighted by Gasteiger charge is -2.58. The first kappa shape index (κ1) is 20.6. The van der Waals surface area contributed by atoms with Crippen LogP contribution < -0.4 is 10.4 Å². The Balaban J connectivity index is 1.66. The maximum atomic E-state index is 7.32. The van der Waals surface area contributed by atoms with Crippen LogP contribution in [0.3, 0.4) is 0 Å². The quantitative estimate of drug-likeness (QED) is 0.437. The van der Waals surface area contributed by atoms with E-state index in [4.69, 9.17) is 4.43 Å². The summed E-state index contributed by atoms with van der Waals surface area (Å²) in [4.78, 5) is 1.55. The van der Waals surface area contributed by atoms with Crippen molar-refractivity contribution in [3.8, 4) is 0 Å². The second-order valence-electron chi connectivity index (χ2n) is 9.27. The lowest BCUT2D eigenvalue weighted by atomic mass is 9.86. The van der Waals surface area contributed by atoms with Gasteiger partial charge in [0.05, 0.1) is 8.32 Å². The second kappa shape index (κ2) is 8.59. The van der Waals surface area contributed by atoms with Crippen LogP contribution in [0.4, 0.5) is 0 Å². The first-order valence-corrected chi connectivity index (χ1v) is 13.6. The average molecular weight is 421 g/mol. The summed E-state index contributed by atoms with van der Waals surface area (Å²) in [5.41, 5.74) is 0. The highest BCUT2D eigenvalue weighted by atomic mass is 32.1. The largest absolute Gasteiger partial charge is 0.556 e. The molecule has 0 aliphatic heterocycles. The van der Waals surface area contributed by atoms with E-state index in [-0.39, 0.29) is 5.04 Å². The topological polar surface area (TPSA) is 9.23 Å². The van der Waals surface area contributed by atoms with Gasteiger partial charge in [-0.25, -0.2) is 0 Å². The third-order valence-corrected chi connectivity index (χ3v) is 12.5. The van der Waals surface area contributed by atoms with Crippen molar-refractivity contribution < 1.29 is 4.43 Å². The number of rotatable bonds is 5. The van der Waals surface area contributed by atoms with Crippen LogP contribution in [0.25, 0.3) is 0 Å². The summed E-state index contributed by atoms with van der Waals surface area (Å²) in [6, 6.07) is 26.6. The van der Waals surface area contributed by atoms with Crippen LogP contribution in [0.15, 0.2) is 78.2 Å². The van der Waals surface area contributed by atoms with E-state index in [0.29, 0.717) is 12.0 Å². The Labute approximate surface area is 180 Å². The van der Waals surface area contributed by atoms with E-state index in [1.807, 2.05) is 11.3 Å². The molecule has 0 unspecified atom stereocenters. The molecule has 0 bridgehead atoms. The van der Waals surface area contributed by atoms with Gasteiger partial charge in [0.1, 0.15) is 0 Å². The molecule has 2 aromatic carbocycles. The highest BCUT2D eigenvalue weighted by Crippen LogP contribution is 2.41. The predicted molar refractivity (Wildman–Crippen MR) is 128 cm³/mol. The molecule has 1 aliphatic carbocycles. The maximum absolute atomic E-state index is 7.32. The van der Waals surface area contributed by atoms with Crippen molar-refractivity contribution in [3.63, 3.8) is 0 Å². The minimum absolute atomic E-state index is 0.0559. The molecule has 1 heterocycles. The number of benzene rings is 2. The van der Waals surface area contributed by atoms with E-state index in [1.54, 1.807) is 4.88 Å². The van der Waals surface area contributed by atoms with Gasteiger partial charge in [-0.3, -0.25) is 0 Å². The van der Waals surface area contributed by atoms with Crippen molar-refractivity contribution in [1.29, 1.82) is 0 Å². The fourth-order valence-electron chi connectivity index (χ4n) is 4.93. The van der Waals surface area contributed by atoms with Gasteiger partial charge < -0.3 is 4.43 Å². The average Bonchev–Trinajstić information content (AvgIpc) is 3.28. The predicted octanol–water partition coefficient (Wildman–Crippen LogP) is 6.35. The van der Waals surface area contributed by atoms with E-state index in [1.165, 1.54) is 23.2 Å². The van der Waals surface area contributed by atoms with Gasteiger partial charge in [0.15, 0.2) is 0 Å². The summed E-state index contributed by atoms with van der Waals surface area (Å²) in [6.45, 7) is 7.11. The van der Waals surface area contributed by atoms with Crippen LogP contribution in [-0.2, 0) is 4.43 Å². The van der Waals surface area contributed by atoms with Gasteiger partial charge in [0.2, 0.25) is 0 Å². The van der Waals surface area contributed by atoms with Crippen LogP contribution in [0.1, 0.15) is 57.2 Å². The zero-order chi connectivity index (χ0) is 20.3. The van der Waals surface area contributed by atoms with Gasteiger partial charge in [0.25, 0.3) is 0 Å². The zero-order valence-corrected chi connectivity index (χ0v) is 19.6. The molecule has 0 saturated heterocycles. The molecule has 153 valence electrons. The smallest absolute Gasteiger partial charge is 0.0511 e. The molecule has 3 heteroatoms. The molecular weight excluding hydrogens is 388 g/mol. The van der Waals surface area contributed by atoms with E-state index in [2.05, 4.69) is 98.9 Å². The Kier molecular flexibility index (Phi) is 6.10. The lowest BCUT2D eigenvalue weighted by molar-refractivity contribution is 0.136. The molecule has 0 radical (unpaired) electrons. The van der Waals surface area contributed by atoms with Crippen LogP contribution in [0, 0.1) is 0 Å². The van der Waals surface area contributed by atoms with E-state index in [0.717, 1.165) is 12.8 Å². The third kappa shape index (κ3) is 4.14. The SMILES string of the molecule is CC(C)(C)[Si-](OC1CCC(c2cccs2)CC1)(c1ccccc1)c1ccccc1. The Morgan fingerprint density at radius 3 is 1.76 bits per heavy atom. The standard InChI is InChI=1S/C26H32OSSi/c1-26(2,3)29(23-11-6-4-7-12-23,24-13-8-5-9-14-24)27-22-18-16-21(17-19-22)25-15-10-20-28-25/h4-15,20-22H,16-19H2,1-3H3/q-1. The van der Waals surface area contributed by atoms with E-state index < -0.39 is 8.32 Å². The van der Waals surface area contributed by atoms with Crippen LogP contribution in [-0.4, -0.2) is 14.4 Å². The van der Waals surface area contributed by atoms with Gasteiger partial charge in [-0.2, -0.15) is 10.4 Å². The van der Waals surface area contributed by atoms with Crippen molar-refractivity contribution in [1.82, 2.24) is 0 Å². The van der Waals surface area contributed by atoms with Crippen molar-refractivity contribution in [2.45, 2.75) is 63.5 Å². The van der Waals surface area contributed by atoms with E-state index in [9.17, 15) is 0 Å². The Hall–Kier alpha value is -1.68. The fourth-order valence-corrected chi connectivity index (χ4v) is 10.6. The molecule has 1 fully saturated rings. The molecular formula is C26H32OSSi-. The summed E-state index contributed by atoms with van der Waals surface area (Å²) < 4.78 is 7.32. The zero-order valence-electron chi connectivity index (χ0n) is 17.8. The molecule has 0 spiro atoms. The van der Waals surface area contributed by atoms with Crippen LogP contribution in [0.2, 0.25) is 5.04 Å². The molecule has 0 atom stereocenters. The second-order valence-corrected chi connectivity index (χ2v) is 14.5. The highest BCUT2D eigenvalue weighted by Gasteiger charge is 2.39. The maximum Gasteiger partial charge on any atom is 0.0511 e. The Bertz CT molecular complexity index is 836. The van der Waals surface area contributed by atoms with Gasteiger partial charge >= 0.3 is 0 Å². The first-order valence-electron chi connectivity index (χ1n) is 10.8. The molecule has 1 aromatic heterocycles. The monoisotopic (exact) mass is 420 g/mol. The minimum atomic E-state index is -2.42. The van der Waals surface area contributed by atoms with Crippen LogP contribution >= 0.6 is 11.3 Å². The van der Waals surface area contributed by atoms with Crippen molar-refractivity contribution in [2.75, 3.05) is 0 Å². The molecule has 4 rings (SSSR count). The molecule has 1 nitrogen and oxygen atoms in total. The normalized spacial score (nSPS) is 20.5. The number of thiophene rings is 1. The van der Waals surface area contributed by atoms with Crippen molar-refractivity contribution in [3.05, 3.63) is 83.1 Å². The summed E-state index contributed by atoms with van der Waals surface area (Å²) in [7, 11) is -2.42. The summed E-state index contributed by atoms with van der Waals surface area (Å²) in [5.74, 6) is 0.717. The van der Waals surface area contributed by atoms with Gasteiger partial charge in [0, 0.05) is 11.0 Å². The summed E-state index contributed by atoms with van der Waals surface area (Å²) in [5, 5.41) is 5.04. The van der Waals surface area contributed by atoms with Gasteiger partial charge in [-0.15, -0.1) is 16.4 Å². The molecule has 0 N–H and O–H groups in total. The van der Waals surface area contributed by atoms with Crippen molar-refractivity contribution >= 4 is 30.0 Å². The molecule has 1 saturated carbocycles.